The Morgan fingerprint density at radius 1 is 1.20 bits per heavy atom. The van der Waals surface area contributed by atoms with Crippen molar-refractivity contribution >= 4 is 17.3 Å². The van der Waals surface area contributed by atoms with Gasteiger partial charge in [0.1, 0.15) is 5.75 Å². The molecular weight excluding hydrogens is 274 g/mol. The Kier molecular flexibility index (Phi) is 3.36. The van der Waals surface area contributed by atoms with Gasteiger partial charge in [-0.25, -0.2) is 0 Å². The number of rotatable bonds is 2. The van der Waals surface area contributed by atoms with Gasteiger partial charge in [-0.05, 0) is 36.8 Å². The van der Waals surface area contributed by atoms with Gasteiger partial charge < -0.3 is 9.94 Å². The number of halogens is 1. The predicted molar refractivity (Wildman–Crippen MR) is 79.3 cm³/mol. The van der Waals surface area contributed by atoms with Crippen molar-refractivity contribution in [2.24, 2.45) is 5.16 Å². The number of aryl methyl sites for hydroxylation is 1. The standard InChI is InChI=1S/C16H14ClNO2/c1-10-2-7-15(19)13(8-10)14-9-16(20-18-14)11-3-5-12(17)6-4-11/h2-8,16,19H,9H2,1H3. The smallest absolute Gasteiger partial charge is 0.158 e. The number of aromatic hydroxyl groups is 1. The molecule has 102 valence electrons. The summed E-state index contributed by atoms with van der Waals surface area (Å²) >= 11 is 5.88. The third-order valence-corrected chi connectivity index (χ3v) is 3.63. The molecule has 1 N–H and O–H groups in total. The first kappa shape index (κ1) is 13.0. The summed E-state index contributed by atoms with van der Waals surface area (Å²) in [6, 6.07) is 13.0. The molecular formula is C16H14ClNO2. The average Bonchev–Trinajstić information content (AvgIpc) is 2.92. The van der Waals surface area contributed by atoms with E-state index in [-0.39, 0.29) is 11.9 Å². The molecule has 0 saturated heterocycles. The van der Waals surface area contributed by atoms with Crippen molar-refractivity contribution in [1.82, 2.24) is 0 Å². The number of phenolic OH excluding ortho intramolecular Hbond substituents is 1. The first-order valence-electron chi connectivity index (χ1n) is 6.41. The maximum atomic E-state index is 9.93. The lowest BCUT2D eigenvalue weighted by Crippen LogP contribution is -2.02. The van der Waals surface area contributed by atoms with Crippen molar-refractivity contribution in [3.63, 3.8) is 0 Å². The Morgan fingerprint density at radius 2 is 1.95 bits per heavy atom. The summed E-state index contributed by atoms with van der Waals surface area (Å²) in [7, 11) is 0. The summed E-state index contributed by atoms with van der Waals surface area (Å²) in [6.07, 6.45) is 0.515. The van der Waals surface area contributed by atoms with Crippen molar-refractivity contribution in [2.75, 3.05) is 0 Å². The van der Waals surface area contributed by atoms with E-state index in [0.29, 0.717) is 11.4 Å². The molecule has 0 spiro atoms. The summed E-state index contributed by atoms with van der Waals surface area (Å²) in [5, 5.41) is 14.7. The molecule has 0 bridgehead atoms. The molecule has 0 aromatic heterocycles. The molecule has 1 aliphatic heterocycles. The first-order chi connectivity index (χ1) is 9.63. The van der Waals surface area contributed by atoms with Crippen LogP contribution in [0.25, 0.3) is 0 Å². The van der Waals surface area contributed by atoms with Gasteiger partial charge in [0, 0.05) is 17.0 Å². The summed E-state index contributed by atoms with van der Waals surface area (Å²) in [4.78, 5) is 5.47. The molecule has 0 amide bonds. The van der Waals surface area contributed by atoms with Crippen molar-refractivity contribution in [1.29, 1.82) is 0 Å². The van der Waals surface area contributed by atoms with Crippen molar-refractivity contribution in [3.8, 4) is 5.75 Å². The molecule has 2 aromatic rings. The fourth-order valence-electron chi connectivity index (χ4n) is 2.27. The van der Waals surface area contributed by atoms with E-state index in [4.69, 9.17) is 16.4 Å². The van der Waals surface area contributed by atoms with Gasteiger partial charge in [-0.1, -0.05) is 40.5 Å². The SMILES string of the molecule is Cc1ccc(O)c(C2=NOC(c3ccc(Cl)cc3)C2)c1. The number of benzene rings is 2. The maximum absolute atomic E-state index is 9.93. The lowest BCUT2D eigenvalue weighted by atomic mass is 9.98. The van der Waals surface area contributed by atoms with E-state index in [1.54, 1.807) is 6.07 Å². The van der Waals surface area contributed by atoms with E-state index in [9.17, 15) is 5.11 Å². The largest absolute Gasteiger partial charge is 0.507 e. The van der Waals surface area contributed by atoms with Gasteiger partial charge in [-0.3, -0.25) is 0 Å². The molecule has 0 fully saturated rings. The number of oxime groups is 1. The van der Waals surface area contributed by atoms with Crippen molar-refractivity contribution < 1.29 is 9.94 Å². The molecule has 1 heterocycles. The summed E-state index contributed by atoms with van der Waals surface area (Å²) < 4.78 is 0. The number of nitrogens with zero attached hydrogens (tertiary/aromatic N) is 1. The highest BCUT2D eigenvalue weighted by Gasteiger charge is 2.25. The molecule has 20 heavy (non-hydrogen) atoms. The van der Waals surface area contributed by atoms with E-state index in [0.717, 1.165) is 22.4 Å². The minimum absolute atomic E-state index is 0.123. The zero-order valence-corrected chi connectivity index (χ0v) is 11.8. The Labute approximate surface area is 122 Å². The van der Waals surface area contributed by atoms with E-state index in [2.05, 4.69) is 5.16 Å². The zero-order chi connectivity index (χ0) is 14.1. The van der Waals surface area contributed by atoms with Crippen LogP contribution in [0.5, 0.6) is 5.75 Å². The second-order valence-electron chi connectivity index (χ2n) is 4.91. The third-order valence-electron chi connectivity index (χ3n) is 3.37. The molecule has 0 saturated carbocycles. The summed E-state index contributed by atoms with van der Waals surface area (Å²) in [6.45, 7) is 1.98. The molecule has 3 nitrogen and oxygen atoms in total. The van der Waals surface area contributed by atoms with Gasteiger partial charge in [-0.15, -0.1) is 0 Å². The Morgan fingerprint density at radius 3 is 2.70 bits per heavy atom. The van der Waals surface area contributed by atoms with Crippen LogP contribution < -0.4 is 0 Å². The van der Waals surface area contributed by atoms with Crippen LogP contribution in [-0.4, -0.2) is 10.8 Å². The van der Waals surface area contributed by atoms with Gasteiger partial charge >= 0.3 is 0 Å². The average molecular weight is 288 g/mol. The van der Waals surface area contributed by atoms with Crippen LogP contribution in [0.1, 0.15) is 29.2 Å². The second kappa shape index (κ2) is 5.17. The lowest BCUT2D eigenvalue weighted by Gasteiger charge is -2.08. The zero-order valence-electron chi connectivity index (χ0n) is 11.0. The van der Waals surface area contributed by atoms with Crippen LogP contribution in [0.4, 0.5) is 0 Å². The molecule has 4 heteroatoms. The monoisotopic (exact) mass is 287 g/mol. The summed E-state index contributed by atoms with van der Waals surface area (Å²) in [5.74, 6) is 0.231. The van der Waals surface area contributed by atoms with E-state index < -0.39 is 0 Å². The van der Waals surface area contributed by atoms with Crippen LogP contribution >= 0.6 is 11.6 Å². The normalized spacial score (nSPS) is 17.7. The highest BCUT2D eigenvalue weighted by Crippen LogP contribution is 2.32. The third kappa shape index (κ3) is 2.49. The van der Waals surface area contributed by atoms with Crippen LogP contribution in [0, 0.1) is 6.92 Å². The molecule has 2 aromatic carbocycles. The van der Waals surface area contributed by atoms with Gasteiger partial charge in [-0.2, -0.15) is 0 Å². The fraction of sp³-hybridized carbons (Fsp3) is 0.188. The Bertz CT molecular complexity index is 665. The van der Waals surface area contributed by atoms with E-state index in [1.165, 1.54) is 0 Å². The topological polar surface area (TPSA) is 41.8 Å². The van der Waals surface area contributed by atoms with E-state index >= 15 is 0 Å². The fourth-order valence-corrected chi connectivity index (χ4v) is 2.40. The van der Waals surface area contributed by atoms with Crippen LogP contribution in [0.3, 0.4) is 0 Å². The Hall–Kier alpha value is -2.00. The highest BCUT2D eigenvalue weighted by molar-refractivity contribution is 6.30. The lowest BCUT2D eigenvalue weighted by molar-refractivity contribution is 0.0857. The minimum Gasteiger partial charge on any atom is -0.507 e. The van der Waals surface area contributed by atoms with Crippen molar-refractivity contribution in [3.05, 3.63) is 64.2 Å². The first-order valence-corrected chi connectivity index (χ1v) is 6.79. The quantitative estimate of drug-likeness (QED) is 0.898. The highest BCUT2D eigenvalue weighted by atomic mass is 35.5. The van der Waals surface area contributed by atoms with E-state index in [1.807, 2.05) is 43.3 Å². The molecule has 1 aliphatic rings. The minimum atomic E-state index is -0.123. The second-order valence-corrected chi connectivity index (χ2v) is 5.34. The predicted octanol–water partition coefficient (Wildman–Crippen LogP) is 4.22. The molecule has 0 radical (unpaired) electrons. The van der Waals surface area contributed by atoms with Crippen LogP contribution in [0.2, 0.25) is 5.02 Å². The van der Waals surface area contributed by atoms with Gasteiger partial charge in [0.2, 0.25) is 0 Å². The molecule has 1 unspecified atom stereocenters. The molecule has 0 aliphatic carbocycles. The maximum Gasteiger partial charge on any atom is 0.158 e. The van der Waals surface area contributed by atoms with Gasteiger partial charge in [0.05, 0.1) is 5.71 Å². The van der Waals surface area contributed by atoms with Crippen LogP contribution in [0.15, 0.2) is 47.6 Å². The van der Waals surface area contributed by atoms with Crippen LogP contribution in [-0.2, 0) is 4.84 Å². The molecule has 1 atom stereocenters. The van der Waals surface area contributed by atoms with Crippen molar-refractivity contribution in [2.45, 2.75) is 19.4 Å². The van der Waals surface area contributed by atoms with Gasteiger partial charge in [0.25, 0.3) is 0 Å². The number of phenols is 1. The molecule has 3 rings (SSSR count). The summed E-state index contributed by atoms with van der Waals surface area (Å²) in [5.41, 5.74) is 3.61. The van der Waals surface area contributed by atoms with Gasteiger partial charge in [0.15, 0.2) is 6.10 Å². The number of hydrogen-bond acceptors (Lipinski definition) is 3. The number of hydrogen-bond donors (Lipinski definition) is 1. The Balaban J connectivity index is 1.82.